The van der Waals surface area contributed by atoms with E-state index in [9.17, 15) is 13.6 Å². The third-order valence-electron chi connectivity index (χ3n) is 2.50. The number of nitrogens with zero attached hydrogens (tertiary/aromatic N) is 1. The maximum atomic E-state index is 14.0. The van der Waals surface area contributed by atoms with E-state index in [1.807, 2.05) is 22.6 Å². The van der Waals surface area contributed by atoms with Crippen molar-refractivity contribution in [2.45, 2.75) is 0 Å². The summed E-state index contributed by atoms with van der Waals surface area (Å²) in [4.78, 5) is 14.6. The van der Waals surface area contributed by atoms with Gasteiger partial charge in [-0.25, -0.2) is 18.6 Å². The van der Waals surface area contributed by atoms with Crippen LogP contribution in [0, 0.1) is 15.2 Å². The molecule has 20 heavy (non-hydrogen) atoms. The summed E-state index contributed by atoms with van der Waals surface area (Å²) >= 11 is 7.50. The Labute approximate surface area is 130 Å². The fourth-order valence-corrected chi connectivity index (χ4v) is 2.22. The first-order valence-corrected chi connectivity index (χ1v) is 6.61. The van der Waals surface area contributed by atoms with E-state index in [0.717, 1.165) is 0 Å². The Hall–Kier alpha value is -1.48. The Morgan fingerprint density at radius 3 is 2.60 bits per heavy atom. The zero-order chi connectivity index (χ0) is 15.0. The van der Waals surface area contributed by atoms with Crippen LogP contribution >= 0.6 is 34.2 Å². The zero-order valence-corrected chi connectivity index (χ0v) is 12.5. The molecule has 0 bridgehead atoms. The van der Waals surface area contributed by atoms with Gasteiger partial charge in [0.1, 0.15) is 11.5 Å². The van der Waals surface area contributed by atoms with Crippen LogP contribution < -0.4 is 5.73 Å². The molecule has 3 N–H and O–H groups in total. The van der Waals surface area contributed by atoms with Gasteiger partial charge in [-0.1, -0.05) is 11.6 Å². The van der Waals surface area contributed by atoms with E-state index in [2.05, 4.69) is 4.98 Å². The van der Waals surface area contributed by atoms with Gasteiger partial charge in [0, 0.05) is 9.13 Å². The molecule has 0 unspecified atom stereocenters. The molecule has 4 nitrogen and oxygen atoms in total. The average molecular weight is 411 g/mol. The minimum atomic E-state index is -1.48. The monoisotopic (exact) mass is 410 g/mol. The highest BCUT2D eigenvalue weighted by molar-refractivity contribution is 14.1. The molecule has 8 heteroatoms. The summed E-state index contributed by atoms with van der Waals surface area (Å²) in [6.45, 7) is 0. The Kier molecular flexibility index (Phi) is 4.09. The van der Waals surface area contributed by atoms with Crippen molar-refractivity contribution >= 4 is 45.8 Å². The van der Waals surface area contributed by atoms with Crippen LogP contribution in [-0.4, -0.2) is 16.1 Å². The van der Waals surface area contributed by atoms with Crippen molar-refractivity contribution in [1.82, 2.24) is 4.98 Å². The lowest BCUT2D eigenvalue weighted by Gasteiger charge is -2.10. The smallest absolute Gasteiger partial charge is 0.356 e. The highest BCUT2D eigenvalue weighted by Crippen LogP contribution is 2.33. The van der Waals surface area contributed by atoms with Crippen LogP contribution in [0.3, 0.4) is 0 Å². The van der Waals surface area contributed by atoms with E-state index in [1.54, 1.807) is 0 Å². The van der Waals surface area contributed by atoms with Gasteiger partial charge in [0.2, 0.25) is 0 Å². The van der Waals surface area contributed by atoms with E-state index in [0.29, 0.717) is 3.57 Å². The van der Waals surface area contributed by atoms with Gasteiger partial charge in [0.05, 0.1) is 10.7 Å². The van der Waals surface area contributed by atoms with Crippen LogP contribution in [0.15, 0.2) is 18.2 Å². The number of hydrogen-bond acceptors (Lipinski definition) is 3. The quantitative estimate of drug-likeness (QED) is 0.742. The molecule has 0 amide bonds. The highest BCUT2D eigenvalue weighted by atomic mass is 127. The van der Waals surface area contributed by atoms with Gasteiger partial charge in [-0.05, 0) is 40.8 Å². The number of anilines is 1. The molecule has 1 aromatic heterocycles. The Morgan fingerprint density at radius 1 is 1.40 bits per heavy atom. The fraction of sp³-hybridized carbons (Fsp3) is 0. The molecule has 0 saturated heterocycles. The highest BCUT2D eigenvalue weighted by Gasteiger charge is 2.23. The molecule has 1 heterocycles. The van der Waals surface area contributed by atoms with Crippen LogP contribution in [0.2, 0.25) is 5.02 Å². The number of aromatic nitrogens is 1. The van der Waals surface area contributed by atoms with Crippen molar-refractivity contribution in [2.75, 3.05) is 5.73 Å². The number of nitrogens with two attached hydrogens (primary N) is 1. The molecule has 2 aromatic rings. The molecule has 0 aliphatic heterocycles. The second-order valence-corrected chi connectivity index (χ2v) is 5.40. The summed E-state index contributed by atoms with van der Waals surface area (Å²) in [7, 11) is 0. The van der Waals surface area contributed by atoms with Gasteiger partial charge in [-0.2, -0.15) is 0 Å². The standard InChI is InChI=1S/C12H6ClF2IN2O2/c13-7-9(17)8(15)10(18-11(7)12(19)20)5-2-1-4(16)3-6(5)14/h1-3H,(H2,17,18)(H,19,20). The van der Waals surface area contributed by atoms with Crippen molar-refractivity contribution in [3.63, 3.8) is 0 Å². The Bertz CT molecular complexity index is 725. The maximum absolute atomic E-state index is 14.0. The van der Waals surface area contributed by atoms with Crippen molar-refractivity contribution < 1.29 is 18.7 Å². The summed E-state index contributed by atoms with van der Waals surface area (Å²) < 4.78 is 28.5. The van der Waals surface area contributed by atoms with E-state index >= 15 is 0 Å². The lowest BCUT2D eigenvalue weighted by molar-refractivity contribution is 0.0691. The van der Waals surface area contributed by atoms with Gasteiger partial charge in [0.15, 0.2) is 11.5 Å². The fourth-order valence-electron chi connectivity index (χ4n) is 1.56. The molecular formula is C12H6ClF2IN2O2. The Balaban J connectivity index is 2.77. The van der Waals surface area contributed by atoms with E-state index in [-0.39, 0.29) is 5.56 Å². The van der Waals surface area contributed by atoms with Crippen LogP contribution in [0.5, 0.6) is 0 Å². The number of carboxylic acids is 1. The number of aromatic carboxylic acids is 1. The van der Waals surface area contributed by atoms with Crippen molar-refractivity contribution in [2.24, 2.45) is 0 Å². The molecule has 0 saturated carbocycles. The topological polar surface area (TPSA) is 76.2 Å². The van der Waals surface area contributed by atoms with Gasteiger partial charge < -0.3 is 10.8 Å². The molecule has 0 aliphatic carbocycles. The second kappa shape index (κ2) is 5.49. The van der Waals surface area contributed by atoms with Crippen molar-refractivity contribution in [1.29, 1.82) is 0 Å². The van der Waals surface area contributed by atoms with Crippen molar-refractivity contribution in [3.05, 3.63) is 44.1 Å². The van der Waals surface area contributed by atoms with Crippen LogP contribution in [-0.2, 0) is 0 Å². The van der Waals surface area contributed by atoms with E-state index in [4.69, 9.17) is 22.4 Å². The van der Waals surface area contributed by atoms with Crippen LogP contribution in [0.1, 0.15) is 10.5 Å². The Morgan fingerprint density at radius 2 is 2.05 bits per heavy atom. The van der Waals surface area contributed by atoms with Gasteiger partial charge >= 0.3 is 5.97 Å². The molecule has 104 valence electrons. The third kappa shape index (κ3) is 2.55. The van der Waals surface area contributed by atoms with E-state index < -0.39 is 39.7 Å². The molecular weight excluding hydrogens is 404 g/mol. The van der Waals surface area contributed by atoms with Gasteiger partial charge in [-0.3, -0.25) is 0 Å². The third-order valence-corrected chi connectivity index (χ3v) is 3.55. The minimum absolute atomic E-state index is 0.186. The molecule has 2 rings (SSSR count). The second-order valence-electron chi connectivity index (χ2n) is 3.78. The largest absolute Gasteiger partial charge is 0.476 e. The number of hydrogen-bond donors (Lipinski definition) is 2. The molecule has 0 fully saturated rings. The summed E-state index contributed by atoms with van der Waals surface area (Å²) in [5.74, 6) is -3.27. The zero-order valence-electron chi connectivity index (χ0n) is 9.62. The molecule has 0 aliphatic rings. The summed E-state index contributed by atoms with van der Waals surface area (Å²) in [5.41, 5.74) is 3.53. The molecule has 0 spiro atoms. The summed E-state index contributed by atoms with van der Waals surface area (Å²) in [6, 6.07) is 4.00. The maximum Gasteiger partial charge on any atom is 0.356 e. The number of halogens is 4. The van der Waals surface area contributed by atoms with Crippen molar-refractivity contribution in [3.8, 4) is 11.3 Å². The predicted molar refractivity (Wildman–Crippen MR) is 78.7 cm³/mol. The summed E-state index contributed by atoms with van der Waals surface area (Å²) in [6.07, 6.45) is 0. The van der Waals surface area contributed by atoms with Crippen LogP contribution in [0.25, 0.3) is 11.3 Å². The van der Waals surface area contributed by atoms with Gasteiger partial charge in [-0.15, -0.1) is 0 Å². The predicted octanol–water partition coefficient (Wildman–Crippen LogP) is 3.57. The lowest BCUT2D eigenvalue weighted by atomic mass is 10.1. The number of nitrogen functional groups attached to an aromatic ring is 1. The first kappa shape index (κ1) is 14.9. The first-order valence-electron chi connectivity index (χ1n) is 5.16. The number of carbonyl (C=O) groups is 1. The van der Waals surface area contributed by atoms with Gasteiger partial charge in [0.25, 0.3) is 0 Å². The minimum Gasteiger partial charge on any atom is -0.476 e. The summed E-state index contributed by atoms with van der Waals surface area (Å²) in [5, 5.41) is 8.44. The lowest BCUT2D eigenvalue weighted by Crippen LogP contribution is -2.08. The number of carboxylic acid groups (broad SMARTS) is 1. The average Bonchev–Trinajstić information content (AvgIpc) is 2.37. The molecule has 0 atom stereocenters. The molecule has 0 radical (unpaired) electrons. The normalized spacial score (nSPS) is 10.6. The number of pyridine rings is 1. The molecule has 1 aromatic carbocycles. The number of benzene rings is 1. The SMILES string of the molecule is Nc1c(F)c(-c2ccc(I)cc2F)nc(C(=O)O)c1Cl. The first-order chi connectivity index (χ1) is 9.32. The number of rotatable bonds is 2. The van der Waals surface area contributed by atoms with E-state index in [1.165, 1.54) is 18.2 Å². The van der Waals surface area contributed by atoms with Crippen LogP contribution in [0.4, 0.5) is 14.5 Å².